The first-order valence-corrected chi connectivity index (χ1v) is 4.89. The van der Waals surface area contributed by atoms with Gasteiger partial charge in [0, 0.05) is 6.04 Å². The van der Waals surface area contributed by atoms with Gasteiger partial charge in [-0.2, -0.15) is 0 Å². The van der Waals surface area contributed by atoms with Gasteiger partial charge in [0.2, 0.25) is 0 Å². The van der Waals surface area contributed by atoms with Crippen molar-refractivity contribution >= 4 is 0 Å². The molecule has 2 N–H and O–H groups in total. The Bertz CT molecular complexity index is 338. The maximum Gasteiger partial charge on any atom is 0.165 e. The van der Waals surface area contributed by atoms with Gasteiger partial charge in [-0.15, -0.1) is 6.58 Å². The van der Waals surface area contributed by atoms with Crippen molar-refractivity contribution in [2.24, 2.45) is 5.73 Å². The van der Waals surface area contributed by atoms with E-state index in [1.54, 1.807) is 12.1 Å². The van der Waals surface area contributed by atoms with E-state index in [4.69, 9.17) is 10.5 Å². The number of rotatable bonds is 5. The zero-order valence-electron chi connectivity index (χ0n) is 8.87. The van der Waals surface area contributed by atoms with Gasteiger partial charge in [-0.05, 0) is 30.5 Å². The van der Waals surface area contributed by atoms with Crippen molar-refractivity contribution in [3.63, 3.8) is 0 Å². The van der Waals surface area contributed by atoms with Gasteiger partial charge in [-0.25, -0.2) is 4.39 Å². The van der Waals surface area contributed by atoms with E-state index in [-0.39, 0.29) is 17.6 Å². The molecule has 15 heavy (non-hydrogen) atoms. The van der Waals surface area contributed by atoms with Crippen molar-refractivity contribution in [2.75, 3.05) is 7.11 Å². The number of nitrogens with two attached hydrogens (primary N) is 1. The van der Waals surface area contributed by atoms with Crippen LogP contribution in [0.1, 0.15) is 24.4 Å². The summed E-state index contributed by atoms with van der Waals surface area (Å²) in [4.78, 5) is 0. The molecule has 0 fully saturated rings. The minimum absolute atomic E-state index is 0.0995. The molecule has 0 aliphatic rings. The van der Waals surface area contributed by atoms with Crippen molar-refractivity contribution in [2.45, 2.75) is 18.9 Å². The summed E-state index contributed by atoms with van der Waals surface area (Å²) in [6.07, 6.45) is 3.47. The predicted molar refractivity (Wildman–Crippen MR) is 59.3 cm³/mol. The van der Waals surface area contributed by atoms with E-state index >= 15 is 0 Å². The van der Waals surface area contributed by atoms with Crippen molar-refractivity contribution in [1.29, 1.82) is 0 Å². The normalized spacial score (nSPS) is 12.2. The predicted octanol–water partition coefficient (Wildman–Crippen LogP) is 2.80. The molecule has 0 spiro atoms. The second-order valence-corrected chi connectivity index (χ2v) is 3.37. The van der Waals surface area contributed by atoms with E-state index in [1.165, 1.54) is 13.2 Å². The van der Waals surface area contributed by atoms with Gasteiger partial charge < -0.3 is 10.5 Å². The molecule has 0 amide bonds. The molecule has 0 saturated carbocycles. The maximum absolute atomic E-state index is 13.1. The Morgan fingerprint density at radius 3 is 2.93 bits per heavy atom. The number of benzene rings is 1. The number of methoxy groups -OCH3 is 1. The van der Waals surface area contributed by atoms with Gasteiger partial charge in [0.15, 0.2) is 11.6 Å². The fourth-order valence-electron chi connectivity index (χ4n) is 1.37. The molecule has 0 aliphatic carbocycles. The molecule has 0 saturated heterocycles. The summed E-state index contributed by atoms with van der Waals surface area (Å²) >= 11 is 0. The minimum Gasteiger partial charge on any atom is -0.494 e. The quantitative estimate of drug-likeness (QED) is 0.757. The molecule has 1 aromatic rings. The molecule has 82 valence electrons. The van der Waals surface area contributed by atoms with E-state index in [9.17, 15) is 4.39 Å². The number of hydrogen-bond donors (Lipinski definition) is 1. The van der Waals surface area contributed by atoms with Gasteiger partial charge in [-0.3, -0.25) is 0 Å². The number of allylic oxidation sites excluding steroid dienone is 1. The van der Waals surface area contributed by atoms with Crippen molar-refractivity contribution in [3.05, 3.63) is 42.2 Å². The number of ether oxygens (including phenoxy) is 1. The first kappa shape index (κ1) is 11.7. The molecule has 2 nitrogen and oxygen atoms in total. The highest BCUT2D eigenvalue weighted by atomic mass is 19.1. The SMILES string of the molecule is C=CCC[C@@H](N)c1ccc(F)c(OC)c1. The Kier molecular flexibility index (Phi) is 4.31. The lowest BCUT2D eigenvalue weighted by molar-refractivity contribution is 0.385. The van der Waals surface area contributed by atoms with Crippen LogP contribution in [0.25, 0.3) is 0 Å². The van der Waals surface area contributed by atoms with Crippen LogP contribution in [0.15, 0.2) is 30.9 Å². The monoisotopic (exact) mass is 209 g/mol. The second-order valence-electron chi connectivity index (χ2n) is 3.37. The topological polar surface area (TPSA) is 35.2 Å². The van der Waals surface area contributed by atoms with Gasteiger partial charge in [0.05, 0.1) is 7.11 Å². The van der Waals surface area contributed by atoms with E-state index < -0.39 is 0 Å². The third kappa shape index (κ3) is 3.06. The molecular weight excluding hydrogens is 193 g/mol. The maximum atomic E-state index is 13.1. The largest absolute Gasteiger partial charge is 0.494 e. The van der Waals surface area contributed by atoms with Crippen LogP contribution in [0, 0.1) is 5.82 Å². The lowest BCUT2D eigenvalue weighted by Crippen LogP contribution is -2.10. The Morgan fingerprint density at radius 1 is 1.60 bits per heavy atom. The molecule has 0 aromatic heterocycles. The van der Waals surface area contributed by atoms with Gasteiger partial charge >= 0.3 is 0 Å². The molecule has 0 unspecified atom stereocenters. The third-order valence-electron chi connectivity index (χ3n) is 2.29. The van der Waals surface area contributed by atoms with E-state index in [2.05, 4.69) is 6.58 Å². The molecule has 1 aromatic carbocycles. The Hall–Kier alpha value is -1.35. The van der Waals surface area contributed by atoms with E-state index in [0.29, 0.717) is 0 Å². The standard InChI is InChI=1S/C12H16FNO/c1-3-4-5-11(14)9-6-7-10(13)12(8-9)15-2/h3,6-8,11H,1,4-5,14H2,2H3/t11-/m1/s1. The second kappa shape index (κ2) is 5.51. The lowest BCUT2D eigenvalue weighted by atomic mass is 10.0. The van der Waals surface area contributed by atoms with Crippen molar-refractivity contribution in [1.82, 2.24) is 0 Å². The molecule has 0 heterocycles. The number of hydrogen-bond acceptors (Lipinski definition) is 2. The molecule has 1 atom stereocenters. The molecular formula is C12H16FNO. The summed E-state index contributed by atoms with van der Waals surface area (Å²) in [5.74, 6) is -0.126. The van der Waals surface area contributed by atoms with Crippen LogP contribution in [0.4, 0.5) is 4.39 Å². The van der Waals surface area contributed by atoms with Crippen LogP contribution >= 0.6 is 0 Å². The van der Waals surface area contributed by atoms with Gasteiger partial charge in [0.25, 0.3) is 0 Å². The first-order valence-electron chi connectivity index (χ1n) is 4.89. The minimum atomic E-state index is -0.364. The summed E-state index contributed by atoms with van der Waals surface area (Å²) in [5.41, 5.74) is 6.81. The summed E-state index contributed by atoms with van der Waals surface area (Å²) in [6, 6.07) is 4.61. The zero-order valence-corrected chi connectivity index (χ0v) is 8.87. The van der Waals surface area contributed by atoms with Crippen LogP contribution in [-0.2, 0) is 0 Å². The van der Waals surface area contributed by atoms with Crippen molar-refractivity contribution < 1.29 is 9.13 Å². The van der Waals surface area contributed by atoms with E-state index in [1.807, 2.05) is 6.08 Å². The Balaban J connectivity index is 2.80. The highest BCUT2D eigenvalue weighted by Gasteiger charge is 2.09. The molecule has 1 rings (SSSR count). The first-order chi connectivity index (χ1) is 7.19. The van der Waals surface area contributed by atoms with Crippen molar-refractivity contribution in [3.8, 4) is 5.75 Å². The molecule has 0 aliphatic heterocycles. The number of halogens is 1. The van der Waals surface area contributed by atoms with Crippen LogP contribution < -0.4 is 10.5 Å². The summed E-state index contributed by atoms with van der Waals surface area (Å²) in [6.45, 7) is 3.63. The molecule has 3 heteroatoms. The highest BCUT2D eigenvalue weighted by Crippen LogP contribution is 2.23. The smallest absolute Gasteiger partial charge is 0.165 e. The summed E-state index contributed by atoms with van der Waals surface area (Å²) in [5, 5.41) is 0. The summed E-state index contributed by atoms with van der Waals surface area (Å²) < 4.78 is 18.0. The molecule has 0 bridgehead atoms. The third-order valence-corrected chi connectivity index (χ3v) is 2.29. The fraction of sp³-hybridized carbons (Fsp3) is 0.333. The summed E-state index contributed by atoms with van der Waals surface area (Å²) in [7, 11) is 1.44. The highest BCUT2D eigenvalue weighted by molar-refractivity contribution is 5.32. The lowest BCUT2D eigenvalue weighted by Gasteiger charge is -2.12. The van der Waals surface area contributed by atoms with Crippen LogP contribution in [-0.4, -0.2) is 7.11 Å². The van der Waals surface area contributed by atoms with Crippen LogP contribution in [0.2, 0.25) is 0 Å². The van der Waals surface area contributed by atoms with Gasteiger partial charge in [0.1, 0.15) is 0 Å². The average Bonchev–Trinajstić information content (AvgIpc) is 2.26. The van der Waals surface area contributed by atoms with Crippen LogP contribution in [0.5, 0.6) is 5.75 Å². The Morgan fingerprint density at radius 2 is 2.33 bits per heavy atom. The fourth-order valence-corrected chi connectivity index (χ4v) is 1.37. The van der Waals surface area contributed by atoms with Gasteiger partial charge in [-0.1, -0.05) is 12.1 Å². The molecule has 0 radical (unpaired) electrons. The average molecular weight is 209 g/mol. The Labute approximate surface area is 89.6 Å². The van der Waals surface area contributed by atoms with E-state index in [0.717, 1.165) is 18.4 Å². The van der Waals surface area contributed by atoms with Crippen LogP contribution in [0.3, 0.4) is 0 Å². The zero-order chi connectivity index (χ0) is 11.3.